The van der Waals surface area contributed by atoms with E-state index in [1.54, 1.807) is 21.9 Å². The number of nitrogens with one attached hydrogen (secondary N) is 2. The Morgan fingerprint density at radius 1 is 1.11 bits per heavy atom. The Balaban J connectivity index is 1.44. The molecule has 3 heterocycles. The lowest BCUT2D eigenvalue weighted by Gasteiger charge is -2.32. The van der Waals surface area contributed by atoms with Crippen LogP contribution in [-0.2, 0) is 22.2 Å². The average Bonchev–Trinajstić information content (AvgIpc) is 3.39. The fourth-order valence-electron chi connectivity index (χ4n) is 4.84. The number of anilines is 2. The van der Waals surface area contributed by atoms with Crippen molar-refractivity contribution in [3.05, 3.63) is 47.3 Å². The van der Waals surface area contributed by atoms with Gasteiger partial charge in [-0.05, 0) is 49.8 Å². The van der Waals surface area contributed by atoms with E-state index >= 15 is 0 Å². The number of hydrogen-bond donors (Lipinski definition) is 2. The maximum Gasteiger partial charge on any atom is 0.451 e. The number of rotatable bonds is 7. The Labute approximate surface area is 219 Å². The fraction of sp³-hybridized carbons (Fsp3) is 0.500. The molecule has 9 nitrogen and oxygen atoms in total. The Bertz CT molecular complexity index is 1190. The molecule has 4 rings (SSSR count). The first-order valence-corrected chi connectivity index (χ1v) is 12.7. The lowest BCUT2D eigenvalue weighted by molar-refractivity contribution is -0.144. The lowest BCUT2D eigenvalue weighted by Crippen LogP contribution is -2.44. The summed E-state index contributed by atoms with van der Waals surface area (Å²) in [5.74, 6) is -1.45. The molecule has 0 bridgehead atoms. The minimum Gasteiger partial charge on any atom is -0.367 e. The predicted molar refractivity (Wildman–Crippen MR) is 134 cm³/mol. The van der Waals surface area contributed by atoms with Crippen LogP contribution in [0, 0.1) is 11.3 Å². The van der Waals surface area contributed by atoms with Crippen molar-refractivity contribution >= 4 is 23.5 Å². The highest BCUT2D eigenvalue weighted by Gasteiger charge is 2.38. The second-order valence-electron chi connectivity index (χ2n) is 9.56. The molecule has 38 heavy (non-hydrogen) atoms. The second kappa shape index (κ2) is 11.7. The summed E-state index contributed by atoms with van der Waals surface area (Å²) < 4.78 is 41.0. The molecule has 2 aromatic rings. The number of hydrogen-bond acceptors (Lipinski definition) is 7. The van der Waals surface area contributed by atoms with Crippen LogP contribution in [0.2, 0.25) is 0 Å². The van der Waals surface area contributed by atoms with Crippen molar-refractivity contribution in [2.75, 3.05) is 36.4 Å². The quantitative estimate of drug-likeness (QED) is 0.567. The smallest absolute Gasteiger partial charge is 0.367 e. The third-order valence-electron chi connectivity index (χ3n) is 6.90. The van der Waals surface area contributed by atoms with Crippen LogP contribution >= 0.6 is 0 Å². The summed E-state index contributed by atoms with van der Waals surface area (Å²) in [5, 5.41) is 14.9. The topological polar surface area (TPSA) is 114 Å². The highest BCUT2D eigenvalue weighted by atomic mass is 19.4. The maximum atomic E-state index is 13.7. The number of likely N-dealkylation sites (tertiary alicyclic amines) is 1. The van der Waals surface area contributed by atoms with Gasteiger partial charge in [0.1, 0.15) is 17.7 Å². The van der Waals surface area contributed by atoms with Gasteiger partial charge in [0.05, 0.1) is 11.6 Å². The molecule has 0 saturated carbocycles. The number of benzene rings is 1. The molecule has 0 unspecified atom stereocenters. The van der Waals surface area contributed by atoms with Gasteiger partial charge in [0.15, 0.2) is 0 Å². The molecule has 2 aliphatic rings. The molecular formula is C26H30F3N7O2. The highest BCUT2D eigenvalue weighted by molar-refractivity contribution is 5.85. The third-order valence-corrected chi connectivity index (χ3v) is 6.90. The van der Waals surface area contributed by atoms with Crippen molar-refractivity contribution in [2.24, 2.45) is 0 Å². The lowest BCUT2D eigenvalue weighted by atomic mass is 10.1. The number of alkyl halides is 3. The summed E-state index contributed by atoms with van der Waals surface area (Å²) in [6.07, 6.45) is -1.86. The molecule has 202 valence electrons. The van der Waals surface area contributed by atoms with Crippen molar-refractivity contribution < 1.29 is 22.8 Å². The minimum atomic E-state index is -4.75. The molecule has 1 atom stereocenters. The number of nitrogens with zero attached hydrogens (tertiary/aromatic N) is 5. The fourth-order valence-corrected chi connectivity index (χ4v) is 4.84. The first-order chi connectivity index (χ1) is 18.1. The Hall–Kier alpha value is -3.88. The van der Waals surface area contributed by atoms with Crippen LogP contribution in [0.4, 0.5) is 24.8 Å². The summed E-state index contributed by atoms with van der Waals surface area (Å²) in [6, 6.07) is 9.82. The third kappa shape index (κ3) is 6.70. The summed E-state index contributed by atoms with van der Waals surface area (Å²) in [6.45, 7) is 3.30. The van der Waals surface area contributed by atoms with E-state index in [1.807, 2.05) is 12.1 Å². The second-order valence-corrected chi connectivity index (χ2v) is 9.56. The standard InChI is InChI=1S/C26H30F3N7O2/c1-17(37)35-13-9-20(10-14-35)32-22-15-23(34-25(33-22)26(27,28)29)36-12-2-3-21(36)24(38)31-11-8-18-4-6-19(16-30)7-5-18/h4-7,15,20-21H,2-3,8-14H2,1H3,(H,31,38)(H,32,33,34)/t21-/m0/s1. The van der Waals surface area contributed by atoms with Crippen LogP contribution < -0.4 is 15.5 Å². The zero-order chi connectivity index (χ0) is 27.3. The van der Waals surface area contributed by atoms with Crippen molar-refractivity contribution in [1.82, 2.24) is 20.2 Å². The maximum absolute atomic E-state index is 13.7. The van der Waals surface area contributed by atoms with Crippen molar-refractivity contribution in [3.8, 4) is 6.07 Å². The van der Waals surface area contributed by atoms with Crippen molar-refractivity contribution in [2.45, 2.75) is 57.3 Å². The molecular weight excluding hydrogens is 499 g/mol. The minimum absolute atomic E-state index is 0.0256. The summed E-state index contributed by atoms with van der Waals surface area (Å²) >= 11 is 0. The molecule has 1 aromatic heterocycles. The van der Waals surface area contributed by atoms with E-state index in [0.29, 0.717) is 63.8 Å². The van der Waals surface area contributed by atoms with Gasteiger partial charge in [-0.2, -0.15) is 18.4 Å². The van der Waals surface area contributed by atoms with Gasteiger partial charge in [-0.15, -0.1) is 0 Å². The number of amides is 2. The van der Waals surface area contributed by atoms with Gasteiger partial charge in [-0.3, -0.25) is 9.59 Å². The van der Waals surface area contributed by atoms with E-state index in [2.05, 4.69) is 26.7 Å². The van der Waals surface area contributed by atoms with Gasteiger partial charge < -0.3 is 20.4 Å². The van der Waals surface area contributed by atoms with Crippen LogP contribution in [0.15, 0.2) is 30.3 Å². The van der Waals surface area contributed by atoms with Crippen LogP contribution in [0.3, 0.4) is 0 Å². The van der Waals surface area contributed by atoms with Gasteiger partial charge in [0.25, 0.3) is 0 Å². The summed E-state index contributed by atoms with van der Waals surface area (Å²) in [4.78, 5) is 35.4. The molecule has 0 spiro atoms. The first kappa shape index (κ1) is 27.2. The largest absolute Gasteiger partial charge is 0.451 e. The van der Waals surface area contributed by atoms with Crippen LogP contribution in [0.5, 0.6) is 0 Å². The number of aromatic nitrogens is 2. The Morgan fingerprint density at radius 2 is 1.82 bits per heavy atom. The molecule has 12 heteroatoms. The van der Waals surface area contributed by atoms with Gasteiger partial charge in [0.2, 0.25) is 17.6 Å². The van der Waals surface area contributed by atoms with E-state index in [4.69, 9.17) is 5.26 Å². The zero-order valence-electron chi connectivity index (χ0n) is 21.1. The van der Waals surface area contributed by atoms with Crippen LogP contribution in [0.25, 0.3) is 0 Å². The van der Waals surface area contributed by atoms with E-state index in [0.717, 1.165) is 5.56 Å². The number of piperidine rings is 1. The molecule has 2 amide bonds. The highest BCUT2D eigenvalue weighted by Crippen LogP contribution is 2.32. The Kier molecular flexibility index (Phi) is 8.34. The van der Waals surface area contributed by atoms with Crippen LogP contribution in [0.1, 0.15) is 49.6 Å². The van der Waals surface area contributed by atoms with E-state index in [9.17, 15) is 22.8 Å². The predicted octanol–water partition coefficient (Wildman–Crippen LogP) is 3.12. The first-order valence-electron chi connectivity index (χ1n) is 12.7. The monoisotopic (exact) mass is 529 g/mol. The number of carbonyl (C=O) groups is 2. The molecule has 2 N–H and O–H groups in total. The van der Waals surface area contributed by atoms with Gasteiger partial charge in [0, 0.05) is 45.2 Å². The molecule has 0 aliphatic carbocycles. The molecule has 2 saturated heterocycles. The molecule has 1 aromatic carbocycles. The van der Waals surface area contributed by atoms with Crippen LogP contribution in [-0.4, -0.2) is 64.9 Å². The van der Waals surface area contributed by atoms with Crippen molar-refractivity contribution in [1.29, 1.82) is 5.26 Å². The number of halogens is 3. The van der Waals surface area contributed by atoms with E-state index in [-0.39, 0.29) is 29.5 Å². The normalized spacial score (nSPS) is 18.2. The van der Waals surface area contributed by atoms with Gasteiger partial charge in [-0.1, -0.05) is 12.1 Å². The number of carbonyl (C=O) groups excluding carboxylic acids is 2. The zero-order valence-corrected chi connectivity index (χ0v) is 21.1. The van der Waals surface area contributed by atoms with Gasteiger partial charge >= 0.3 is 6.18 Å². The Morgan fingerprint density at radius 3 is 2.45 bits per heavy atom. The van der Waals surface area contributed by atoms with E-state index in [1.165, 1.54) is 13.0 Å². The average molecular weight is 530 g/mol. The summed E-state index contributed by atoms with van der Waals surface area (Å²) in [5.41, 5.74) is 1.51. The van der Waals surface area contributed by atoms with E-state index < -0.39 is 18.0 Å². The molecule has 2 aliphatic heterocycles. The summed E-state index contributed by atoms with van der Waals surface area (Å²) in [7, 11) is 0. The molecule has 0 radical (unpaired) electrons. The molecule has 2 fully saturated rings. The SMILES string of the molecule is CC(=O)N1CCC(Nc2cc(N3CCC[C@H]3C(=O)NCCc3ccc(C#N)cc3)nc(C(F)(F)F)n2)CC1. The van der Waals surface area contributed by atoms with Gasteiger partial charge in [-0.25, -0.2) is 9.97 Å². The number of nitriles is 1. The van der Waals surface area contributed by atoms with Crippen molar-refractivity contribution in [3.63, 3.8) is 0 Å².